The third-order valence-electron chi connectivity index (χ3n) is 7.50. The summed E-state index contributed by atoms with van der Waals surface area (Å²) in [5, 5.41) is 3.04. The van der Waals surface area contributed by atoms with E-state index in [0.29, 0.717) is 34.8 Å². The van der Waals surface area contributed by atoms with Gasteiger partial charge in [0, 0.05) is 41.2 Å². The summed E-state index contributed by atoms with van der Waals surface area (Å²) in [6, 6.07) is 9.76. The molecule has 37 heavy (non-hydrogen) atoms. The van der Waals surface area contributed by atoms with Crippen LogP contribution in [0.15, 0.2) is 47.4 Å². The molecule has 0 N–H and O–H groups in total. The van der Waals surface area contributed by atoms with E-state index in [0.717, 1.165) is 42.7 Å². The van der Waals surface area contributed by atoms with Crippen LogP contribution in [0, 0.1) is 5.82 Å². The van der Waals surface area contributed by atoms with Crippen LogP contribution in [-0.4, -0.2) is 65.1 Å². The van der Waals surface area contributed by atoms with Gasteiger partial charge in [-0.2, -0.15) is 0 Å². The van der Waals surface area contributed by atoms with Crippen LogP contribution in [0.4, 0.5) is 4.39 Å². The first-order valence-electron chi connectivity index (χ1n) is 12.6. The van der Waals surface area contributed by atoms with Crippen molar-refractivity contribution >= 4 is 32.2 Å². The fourth-order valence-corrected chi connectivity index (χ4v) is 7.38. The lowest BCUT2D eigenvalue weighted by Crippen LogP contribution is -2.43. The molecule has 3 aromatic heterocycles. The Labute approximate surface area is 219 Å². The molecule has 1 saturated heterocycles. The van der Waals surface area contributed by atoms with Crippen LogP contribution in [0.5, 0.6) is 5.75 Å². The molecule has 0 amide bonds. The Balaban J connectivity index is 1.31. The van der Waals surface area contributed by atoms with Gasteiger partial charge in [0.25, 0.3) is 0 Å². The van der Waals surface area contributed by atoms with E-state index >= 15 is 0 Å². The lowest BCUT2D eigenvalue weighted by atomic mass is 10.1. The smallest absolute Gasteiger partial charge is 0.165 e. The first kappa shape index (κ1) is 24.5. The first-order chi connectivity index (χ1) is 17.9. The standard InChI is InChI=1S/C27H29FN4O3S2/c1-35-25-7-2-18(14-23(25)28)24-6-5-22-19(15-32(27(22)30-24)26-16-36-17-29-26)8-11-31(20-3-4-20)21-9-12-37(33,34)13-10-21/h2,5-7,14-17,20-21H,3-4,8-13H2,1H3. The molecule has 6 rings (SSSR count). The van der Waals surface area contributed by atoms with Crippen LogP contribution in [0.25, 0.3) is 28.1 Å². The van der Waals surface area contributed by atoms with Crippen LogP contribution in [0.3, 0.4) is 0 Å². The second kappa shape index (κ2) is 9.81. The van der Waals surface area contributed by atoms with Crippen LogP contribution in [0.2, 0.25) is 0 Å². The van der Waals surface area contributed by atoms with Crippen molar-refractivity contribution < 1.29 is 17.5 Å². The molecule has 194 valence electrons. The molecule has 0 atom stereocenters. The molecule has 2 aliphatic rings. The van der Waals surface area contributed by atoms with Crippen molar-refractivity contribution in [2.75, 3.05) is 25.2 Å². The van der Waals surface area contributed by atoms with Crippen molar-refractivity contribution in [2.24, 2.45) is 0 Å². The maximum atomic E-state index is 14.4. The second-order valence-corrected chi connectivity index (χ2v) is 12.9. The van der Waals surface area contributed by atoms with Gasteiger partial charge < -0.3 is 4.74 Å². The minimum Gasteiger partial charge on any atom is -0.494 e. The Morgan fingerprint density at radius 2 is 1.92 bits per heavy atom. The molecule has 1 aromatic carbocycles. The van der Waals surface area contributed by atoms with Crippen LogP contribution in [0.1, 0.15) is 31.2 Å². The topological polar surface area (TPSA) is 77.3 Å². The van der Waals surface area contributed by atoms with Gasteiger partial charge in [0.2, 0.25) is 0 Å². The summed E-state index contributed by atoms with van der Waals surface area (Å²) >= 11 is 1.53. The number of pyridine rings is 1. The highest BCUT2D eigenvalue weighted by Gasteiger charge is 2.36. The maximum Gasteiger partial charge on any atom is 0.165 e. The van der Waals surface area contributed by atoms with Gasteiger partial charge >= 0.3 is 0 Å². The maximum absolute atomic E-state index is 14.4. The number of ether oxygens (including phenoxy) is 1. The summed E-state index contributed by atoms with van der Waals surface area (Å²) in [6.45, 7) is 0.886. The van der Waals surface area contributed by atoms with Gasteiger partial charge in [-0.25, -0.2) is 22.8 Å². The molecule has 2 fully saturated rings. The van der Waals surface area contributed by atoms with Gasteiger partial charge in [0.15, 0.2) is 11.6 Å². The van der Waals surface area contributed by atoms with Gasteiger partial charge in [-0.3, -0.25) is 9.47 Å². The molecule has 0 spiro atoms. The van der Waals surface area contributed by atoms with E-state index in [-0.39, 0.29) is 5.75 Å². The third kappa shape index (κ3) is 5.02. The van der Waals surface area contributed by atoms with Crippen molar-refractivity contribution in [3.05, 3.63) is 58.8 Å². The minimum atomic E-state index is -2.88. The summed E-state index contributed by atoms with van der Waals surface area (Å²) < 4.78 is 45.4. The summed E-state index contributed by atoms with van der Waals surface area (Å²) in [6.07, 6.45) is 6.78. The van der Waals surface area contributed by atoms with E-state index < -0.39 is 15.7 Å². The van der Waals surface area contributed by atoms with Crippen molar-refractivity contribution in [2.45, 2.75) is 44.2 Å². The van der Waals surface area contributed by atoms with Gasteiger partial charge in [-0.1, -0.05) is 0 Å². The first-order valence-corrected chi connectivity index (χ1v) is 15.4. The predicted octanol–water partition coefficient (Wildman–Crippen LogP) is 4.88. The lowest BCUT2D eigenvalue weighted by molar-refractivity contribution is 0.176. The van der Waals surface area contributed by atoms with Crippen LogP contribution < -0.4 is 4.74 Å². The molecular weight excluding hydrogens is 511 g/mol. The molecular formula is C27H29FN4O3S2. The van der Waals surface area contributed by atoms with Gasteiger partial charge in [-0.05, 0) is 68.0 Å². The molecule has 1 aliphatic carbocycles. The molecule has 0 unspecified atom stereocenters. The van der Waals surface area contributed by atoms with Crippen molar-refractivity contribution in [3.63, 3.8) is 0 Å². The number of benzene rings is 1. The molecule has 7 nitrogen and oxygen atoms in total. The Hall–Kier alpha value is -2.82. The minimum absolute atomic E-state index is 0.203. The van der Waals surface area contributed by atoms with Gasteiger partial charge in [0.1, 0.15) is 21.3 Å². The number of hydrogen-bond donors (Lipinski definition) is 0. The van der Waals surface area contributed by atoms with E-state index in [1.807, 2.05) is 22.1 Å². The van der Waals surface area contributed by atoms with Crippen LogP contribution in [-0.2, 0) is 16.3 Å². The quantitative estimate of drug-likeness (QED) is 0.317. The molecule has 0 bridgehead atoms. The van der Waals surface area contributed by atoms with E-state index in [1.54, 1.807) is 11.6 Å². The number of nitrogens with zero attached hydrogens (tertiary/aromatic N) is 4. The number of rotatable bonds is 8. The Bertz CT molecular complexity index is 1520. The Morgan fingerprint density at radius 1 is 1.14 bits per heavy atom. The zero-order chi connectivity index (χ0) is 25.6. The molecule has 4 heterocycles. The van der Waals surface area contributed by atoms with E-state index in [2.05, 4.69) is 22.1 Å². The second-order valence-electron chi connectivity index (χ2n) is 9.89. The normalized spacial score (nSPS) is 18.0. The Morgan fingerprint density at radius 3 is 2.59 bits per heavy atom. The van der Waals surface area contributed by atoms with Gasteiger partial charge in [0.05, 0.1) is 29.8 Å². The molecule has 10 heteroatoms. The number of halogens is 1. The average Bonchev–Trinajstić information content (AvgIpc) is 3.45. The van der Waals surface area contributed by atoms with Crippen LogP contribution >= 0.6 is 11.3 Å². The van der Waals surface area contributed by atoms with Crippen molar-refractivity contribution in [1.82, 2.24) is 19.4 Å². The summed E-state index contributed by atoms with van der Waals surface area (Å²) in [5.41, 5.74) is 5.13. The molecule has 1 aliphatic heterocycles. The number of aromatic nitrogens is 3. The zero-order valence-corrected chi connectivity index (χ0v) is 22.3. The summed E-state index contributed by atoms with van der Waals surface area (Å²) in [7, 11) is -1.43. The highest BCUT2D eigenvalue weighted by Crippen LogP contribution is 2.34. The highest BCUT2D eigenvalue weighted by atomic mass is 32.2. The Kier molecular flexibility index (Phi) is 6.50. The number of sulfone groups is 1. The fraction of sp³-hybridized carbons (Fsp3) is 0.407. The fourth-order valence-electron chi connectivity index (χ4n) is 5.38. The highest BCUT2D eigenvalue weighted by molar-refractivity contribution is 7.91. The molecule has 1 saturated carbocycles. The number of hydrogen-bond acceptors (Lipinski definition) is 7. The van der Waals surface area contributed by atoms with E-state index in [9.17, 15) is 12.8 Å². The van der Waals surface area contributed by atoms with E-state index in [4.69, 9.17) is 9.72 Å². The summed E-state index contributed by atoms with van der Waals surface area (Å²) in [4.78, 5) is 12.0. The lowest BCUT2D eigenvalue weighted by Gasteiger charge is -2.34. The van der Waals surface area contributed by atoms with Crippen molar-refractivity contribution in [3.8, 4) is 22.8 Å². The average molecular weight is 541 g/mol. The monoisotopic (exact) mass is 540 g/mol. The third-order valence-corrected chi connectivity index (χ3v) is 9.79. The van der Waals surface area contributed by atoms with E-state index in [1.165, 1.54) is 42.9 Å². The van der Waals surface area contributed by atoms with Crippen molar-refractivity contribution in [1.29, 1.82) is 0 Å². The largest absolute Gasteiger partial charge is 0.494 e. The molecule has 4 aromatic rings. The number of fused-ring (bicyclic) bond motifs is 1. The number of thiazole rings is 1. The number of methoxy groups -OCH3 is 1. The zero-order valence-electron chi connectivity index (χ0n) is 20.6. The SMILES string of the molecule is COc1ccc(-c2ccc3c(CCN(C4CC4)C4CCS(=O)(=O)CC4)cn(-c4cscn4)c3n2)cc1F. The van der Waals surface area contributed by atoms with Gasteiger partial charge in [-0.15, -0.1) is 11.3 Å². The summed E-state index contributed by atoms with van der Waals surface area (Å²) in [5.74, 6) is 1.18. The predicted molar refractivity (Wildman–Crippen MR) is 144 cm³/mol. The molecule has 0 radical (unpaired) electrons.